The molecule has 0 saturated heterocycles. The number of hydrogen-bond donors (Lipinski definition) is 2. The molecule has 0 aliphatic heterocycles. The van der Waals surface area contributed by atoms with Gasteiger partial charge in [0.05, 0.1) is 18.6 Å². The van der Waals surface area contributed by atoms with Crippen molar-refractivity contribution in [2.24, 2.45) is 0 Å². The van der Waals surface area contributed by atoms with Crippen molar-refractivity contribution >= 4 is 5.91 Å². The van der Waals surface area contributed by atoms with Crippen LogP contribution in [0.1, 0.15) is 18.1 Å². The van der Waals surface area contributed by atoms with Crippen molar-refractivity contribution in [1.82, 2.24) is 5.32 Å². The number of benzene rings is 2. The molecule has 1 amide bonds. The normalized spacial score (nSPS) is 13.3. The van der Waals surface area contributed by atoms with Gasteiger partial charge in [-0.05, 0) is 30.2 Å². The molecule has 2 N–H and O–H groups in total. The second-order valence-corrected chi connectivity index (χ2v) is 5.81. The standard InChI is InChI=1S/C19H21F2NO3/c1-13(17(23)11-14-5-3-2-4-6-14)22-18(24)12-15-7-9-16(10-8-15)25-19(20)21/h2-10,13,17,19,23H,11-12H2,1H3,(H,22,24). The number of aliphatic hydroxyl groups is 1. The van der Waals surface area contributed by atoms with Gasteiger partial charge in [0, 0.05) is 6.42 Å². The fraction of sp³-hybridized carbons (Fsp3) is 0.316. The molecule has 134 valence electrons. The highest BCUT2D eigenvalue weighted by Gasteiger charge is 2.17. The summed E-state index contributed by atoms with van der Waals surface area (Å²) in [7, 11) is 0. The number of carbonyl (C=O) groups excluding carboxylic acids is 1. The molecule has 0 heterocycles. The minimum Gasteiger partial charge on any atom is -0.435 e. The van der Waals surface area contributed by atoms with Crippen LogP contribution >= 0.6 is 0 Å². The van der Waals surface area contributed by atoms with E-state index in [0.29, 0.717) is 12.0 Å². The molecule has 0 aliphatic rings. The van der Waals surface area contributed by atoms with Crippen LogP contribution in [0.5, 0.6) is 5.75 Å². The Kier molecular flexibility index (Phi) is 6.89. The number of amides is 1. The minimum atomic E-state index is -2.87. The molecule has 0 saturated carbocycles. The maximum absolute atomic E-state index is 12.1. The Morgan fingerprint density at radius 2 is 1.72 bits per heavy atom. The van der Waals surface area contributed by atoms with Crippen LogP contribution in [0.25, 0.3) is 0 Å². The quantitative estimate of drug-likeness (QED) is 0.770. The van der Waals surface area contributed by atoms with Gasteiger partial charge in [0.1, 0.15) is 5.75 Å². The van der Waals surface area contributed by atoms with Gasteiger partial charge in [0.2, 0.25) is 5.91 Å². The average molecular weight is 349 g/mol. The molecule has 0 radical (unpaired) electrons. The lowest BCUT2D eigenvalue weighted by atomic mass is 10.0. The maximum atomic E-state index is 12.1. The second-order valence-electron chi connectivity index (χ2n) is 5.81. The first kappa shape index (κ1) is 18.9. The first-order chi connectivity index (χ1) is 11.9. The van der Waals surface area contributed by atoms with E-state index in [9.17, 15) is 18.7 Å². The van der Waals surface area contributed by atoms with Crippen LogP contribution in [-0.4, -0.2) is 29.8 Å². The predicted octanol–water partition coefficient (Wildman–Crippen LogP) is 2.94. The molecular formula is C19H21F2NO3. The molecule has 2 aromatic rings. The Hall–Kier alpha value is -2.47. The van der Waals surface area contributed by atoms with Crippen LogP contribution in [0.2, 0.25) is 0 Å². The number of hydrogen-bond acceptors (Lipinski definition) is 3. The SMILES string of the molecule is CC(NC(=O)Cc1ccc(OC(F)F)cc1)C(O)Cc1ccccc1. The Labute approximate surface area is 145 Å². The largest absolute Gasteiger partial charge is 0.435 e. The Morgan fingerprint density at radius 3 is 2.32 bits per heavy atom. The summed E-state index contributed by atoms with van der Waals surface area (Å²) in [4.78, 5) is 12.1. The predicted molar refractivity (Wildman–Crippen MR) is 90.5 cm³/mol. The van der Waals surface area contributed by atoms with E-state index in [0.717, 1.165) is 5.56 Å². The fourth-order valence-corrected chi connectivity index (χ4v) is 2.41. The number of ether oxygens (including phenoxy) is 1. The zero-order chi connectivity index (χ0) is 18.2. The molecule has 2 aromatic carbocycles. The van der Waals surface area contributed by atoms with Crippen molar-refractivity contribution in [2.45, 2.75) is 38.5 Å². The molecule has 2 atom stereocenters. The minimum absolute atomic E-state index is 0.0470. The molecule has 0 spiro atoms. The lowest BCUT2D eigenvalue weighted by Gasteiger charge is -2.20. The number of rotatable bonds is 8. The van der Waals surface area contributed by atoms with Crippen molar-refractivity contribution in [2.75, 3.05) is 0 Å². The smallest absolute Gasteiger partial charge is 0.387 e. The van der Waals surface area contributed by atoms with E-state index in [2.05, 4.69) is 10.1 Å². The summed E-state index contributed by atoms with van der Waals surface area (Å²) in [6, 6.07) is 15.0. The van der Waals surface area contributed by atoms with Gasteiger partial charge in [-0.1, -0.05) is 42.5 Å². The number of aliphatic hydroxyl groups excluding tert-OH is 1. The molecule has 25 heavy (non-hydrogen) atoms. The van der Waals surface area contributed by atoms with Crippen molar-refractivity contribution in [3.05, 3.63) is 65.7 Å². The van der Waals surface area contributed by atoms with Gasteiger partial charge in [-0.2, -0.15) is 8.78 Å². The van der Waals surface area contributed by atoms with Gasteiger partial charge in [0.15, 0.2) is 0 Å². The van der Waals surface area contributed by atoms with Crippen molar-refractivity contribution in [3.8, 4) is 5.75 Å². The van der Waals surface area contributed by atoms with Crippen LogP contribution in [-0.2, 0) is 17.6 Å². The lowest BCUT2D eigenvalue weighted by molar-refractivity contribution is -0.121. The molecule has 0 aromatic heterocycles. The van der Waals surface area contributed by atoms with Crippen LogP contribution in [0.4, 0.5) is 8.78 Å². The van der Waals surface area contributed by atoms with E-state index in [1.165, 1.54) is 12.1 Å². The van der Waals surface area contributed by atoms with E-state index in [-0.39, 0.29) is 18.1 Å². The second kappa shape index (κ2) is 9.13. The van der Waals surface area contributed by atoms with E-state index < -0.39 is 18.8 Å². The third-order valence-electron chi connectivity index (χ3n) is 3.77. The van der Waals surface area contributed by atoms with Gasteiger partial charge < -0.3 is 15.2 Å². The summed E-state index contributed by atoms with van der Waals surface area (Å²) in [6.45, 7) is -1.13. The highest BCUT2D eigenvalue weighted by Crippen LogP contribution is 2.15. The average Bonchev–Trinajstić information content (AvgIpc) is 2.57. The van der Waals surface area contributed by atoms with E-state index in [4.69, 9.17) is 0 Å². The van der Waals surface area contributed by atoms with Gasteiger partial charge >= 0.3 is 6.61 Å². The van der Waals surface area contributed by atoms with E-state index in [1.54, 1.807) is 19.1 Å². The third kappa shape index (κ3) is 6.51. The topological polar surface area (TPSA) is 58.6 Å². The Morgan fingerprint density at radius 1 is 1.08 bits per heavy atom. The summed E-state index contributed by atoms with van der Waals surface area (Å²) in [5.74, 6) is -0.201. The highest BCUT2D eigenvalue weighted by molar-refractivity contribution is 5.78. The van der Waals surface area contributed by atoms with E-state index >= 15 is 0 Å². The van der Waals surface area contributed by atoms with Gasteiger partial charge in [-0.3, -0.25) is 4.79 Å². The molecule has 0 fully saturated rings. The van der Waals surface area contributed by atoms with E-state index in [1.807, 2.05) is 30.3 Å². The van der Waals surface area contributed by atoms with Gasteiger partial charge in [-0.25, -0.2) is 0 Å². The summed E-state index contributed by atoms with van der Waals surface area (Å²) < 4.78 is 28.5. The summed E-state index contributed by atoms with van der Waals surface area (Å²) >= 11 is 0. The monoisotopic (exact) mass is 349 g/mol. The van der Waals surface area contributed by atoms with Crippen LogP contribution in [0.15, 0.2) is 54.6 Å². The molecule has 4 nitrogen and oxygen atoms in total. The maximum Gasteiger partial charge on any atom is 0.387 e. The molecule has 2 unspecified atom stereocenters. The fourth-order valence-electron chi connectivity index (χ4n) is 2.41. The zero-order valence-corrected chi connectivity index (χ0v) is 13.9. The third-order valence-corrected chi connectivity index (χ3v) is 3.77. The van der Waals surface area contributed by atoms with Crippen LogP contribution < -0.4 is 10.1 Å². The number of halogens is 2. The van der Waals surface area contributed by atoms with Crippen molar-refractivity contribution in [1.29, 1.82) is 0 Å². The van der Waals surface area contributed by atoms with Crippen molar-refractivity contribution in [3.63, 3.8) is 0 Å². The van der Waals surface area contributed by atoms with Gasteiger partial charge in [-0.15, -0.1) is 0 Å². The van der Waals surface area contributed by atoms with Crippen molar-refractivity contribution < 1.29 is 23.4 Å². The Balaban J connectivity index is 1.82. The summed E-state index contributed by atoms with van der Waals surface area (Å²) in [6.07, 6.45) is -0.160. The Bertz CT molecular complexity index is 662. The lowest BCUT2D eigenvalue weighted by Crippen LogP contribution is -2.42. The first-order valence-electron chi connectivity index (χ1n) is 7.99. The number of carbonyl (C=O) groups is 1. The molecule has 0 bridgehead atoms. The first-order valence-corrected chi connectivity index (χ1v) is 7.99. The number of alkyl halides is 2. The van der Waals surface area contributed by atoms with Crippen LogP contribution in [0.3, 0.4) is 0 Å². The molecule has 2 rings (SSSR count). The van der Waals surface area contributed by atoms with Crippen LogP contribution in [0, 0.1) is 0 Å². The van der Waals surface area contributed by atoms with Gasteiger partial charge in [0.25, 0.3) is 0 Å². The molecular weight excluding hydrogens is 328 g/mol. The summed E-state index contributed by atoms with van der Waals surface area (Å²) in [5, 5.41) is 13.0. The zero-order valence-electron chi connectivity index (χ0n) is 13.9. The summed E-state index contributed by atoms with van der Waals surface area (Å²) in [5.41, 5.74) is 1.66. The molecule has 6 heteroatoms. The number of nitrogens with one attached hydrogen (secondary N) is 1. The molecule has 0 aliphatic carbocycles. The highest BCUT2D eigenvalue weighted by atomic mass is 19.3.